The van der Waals surface area contributed by atoms with Gasteiger partial charge in [-0.15, -0.1) is 0 Å². The molecule has 0 spiro atoms. The molecule has 2 heterocycles. The molecule has 1 aliphatic heterocycles. The molecule has 0 saturated carbocycles. The third kappa shape index (κ3) is 5.18. The Morgan fingerprint density at radius 2 is 1.97 bits per heavy atom. The number of hydrogen-bond donors (Lipinski definition) is 2. The summed E-state index contributed by atoms with van der Waals surface area (Å²) in [4.78, 5) is 11.5. The summed E-state index contributed by atoms with van der Waals surface area (Å²) < 4.78 is 96.7. The smallest absolute Gasteiger partial charge is 0.422 e. The second kappa shape index (κ2) is 8.70. The number of hydrogen-bond acceptors (Lipinski definition) is 8. The highest BCUT2D eigenvalue weighted by Crippen LogP contribution is 2.37. The number of aromatic nitrogens is 2. The van der Waals surface area contributed by atoms with Crippen molar-refractivity contribution in [3.05, 3.63) is 54.0 Å². The van der Waals surface area contributed by atoms with Crippen LogP contribution in [-0.4, -0.2) is 54.2 Å². The van der Waals surface area contributed by atoms with Gasteiger partial charge >= 0.3 is 6.18 Å². The minimum Gasteiger partial charge on any atom is -0.467 e. The fourth-order valence-corrected chi connectivity index (χ4v) is 4.59. The quantitative estimate of drug-likeness (QED) is 0.578. The number of alkyl halides is 3. The van der Waals surface area contributed by atoms with Crippen LogP contribution in [0.15, 0.2) is 36.1 Å². The predicted octanol–water partition coefficient (Wildman–Crippen LogP) is 2.58. The molecule has 0 saturated heterocycles. The Morgan fingerprint density at radius 1 is 1.29 bits per heavy atom. The molecule has 184 valence electrons. The number of ether oxygens (including phenoxy) is 1. The third-order valence-electron chi connectivity index (χ3n) is 4.80. The molecule has 0 amide bonds. The first-order valence-corrected chi connectivity index (χ1v) is 11.0. The Kier molecular flexibility index (Phi) is 6.43. The third-order valence-corrected chi connectivity index (χ3v) is 6.75. The molecule has 9 nitrogen and oxygen atoms in total. The molecule has 3 N–H and O–H groups in total. The van der Waals surface area contributed by atoms with Crippen molar-refractivity contribution in [2.45, 2.75) is 18.6 Å². The van der Waals surface area contributed by atoms with Gasteiger partial charge in [-0.1, -0.05) is 6.58 Å². The molecule has 0 fully saturated rings. The van der Waals surface area contributed by atoms with Crippen molar-refractivity contribution in [2.24, 2.45) is 10.7 Å². The number of sulfonamides is 1. The topological polar surface area (TPSA) is 123 Å². The average molecular weight is 506 g/mol. The molecule has 2 aromatic rings. The van der Waals surface area contributed by atoms with Crippen molar-refractivity contribution in [3.63, 3.8) is 0 Å². The van der Waals surface area contributed by atoms with Gasteiger partial charge in [0.25, 0.3) is 0 Å². The molecule has 1 aliphatic rings. The molecule has 15 heteroatoms. The van der Waals surface area contributed by atoms with Crippen LogP contribution in [0, 0.1) is 11.6 Å². The fraction of sp³-hybridized carbons (Fsp3) is 0.316. The van der Waals surface area contributed by atoms with Crippen molar-refractivity contribution in [3.8, 4) is 5.88 Å². The summed E-state index contributed by atoms with van der Waals surface area (Å²) in [7, 11) is -2.82. The molecule has 0 aliphatic carbocycles. The molecule has 1 atom stereocenters. The summed E-state index contributed by atoms with van der Waals surface area (Å²) in [5, 5.41) is 2.57. The van der Waals surface area contributed by atoms with E-state index < -0.39 is 63.1 Å². The zero-order valence-electron chi connectivity index (χ0n) is 17.8. The van der Waals surface area contributed by atoms with E-state index in [1.165, 1.54) is 14.0 Å². The Hall–Kier alpha value is -3.49. The van der Waals surface area contributed by atoms with Crippen LogP contribution < -0.4 is 15.8 Å². The standard InChI is InChI=1S/C19H19F5N6O3S/c1-10(13-6-27-14(7-26-13)33-8-19(22,23)24)28-12-5-4-11(20)15(16(12)21)18(2)9-34(31,32)30(3)17(25)29-18/h4-7,28H,1,8-9H2,2-3H3,(H2,25,29)/t18-/m0/s1. The Morgan fingerprint density at radius 3 is 2.53 bits per heavy atom. The van der Waals surface area contributed by atoms with Gasteiger partial charge in [0.1, 0.15) is 17.1 Å². The fourth-order valence-electron chi connectivity index (χ4n) is 3.15. The highest BCUT2D eigenvalue weighted by molar-refractivity contribution is 7.89. The van der Waals surface area contributed by atoms with E-state index in [-0.39, 0.29) is 17.1 Å². The van der Waals surface area contributed by atoms with E-state index in [9.17, 15) is 26.0 Å². The molecule has 0 radical (unpaired) electrons. The number of rotatable bonds is 6. The minimum atomic E-state index is -4.55. The number of anilines is 1. The number of guanidine groups is 1. The Labute approximate surface area is 191 Å². The van der Waals surface area contributed by atoms with E-state index in [1.807, 2.05) is 0 Å². The van der Waals surface area contributed by atoms with Crippen LogP contribution in [0.1, 0.15) is 18.2 Å². The number of aliphatic imine (C=N–C) groups is 1. The summed E-state index contributed by atoms with van der Waals surface area (Å²) in [5.41, 5.74) is 2.87. The molecule has 1 aromatic carbocycles. The number of nitrogens with zero attached hydrogens (tertiary/aromatic N) is 4. The Balaban J connectivity index is 1.88. The molecular formula is C19H19F5N6O3S. The van der Waals surface area contributed by atoms with E-state index in [0.717, 1.165) is 28.8 Å². The molecule has 3 rings (SSSR count). The van der Waals surface area contributed by atoms with Crippen LogP contribution in [0.25, 0.3) is 5.70 Å². The number of halogens is 5. The van der Waals surface area contributed by atoms with Gasteiger partial charge in [-0.3, -0.25) is 0 Å². The SMILES string of the molecule is C=C(Nc1ccc(F)c([C@]2(C)CS(=O)(=O)N(C)C(N)=N2)c1F)c1cnc(OCC(F)(F)F)cn1. The van der Waals surface area contributed by atoms with Gasteiger partial charge in [0.15, 0.2) is 12.4 Å². The average Bonchev–Trinajstić information content (AvgIpc) is 2.72. The number of benzene rings is 1. The lowest BCUT2D eigenvalue weighted by molar-refractivity contribution is -0.154. The summed E-state index contributed by atoms with van der Waals surface area (Å²) >= 11 is 0. The van der Waals surface area contributed by atoms with Gasteiger partial charge in [-0.25, -0.2) is 36.5 Å². The minimum absolute atomic E-state index is 0.0278. The van der Waals surface area contributed by atoms with E-state index in [4.69, 9.17) is 5.73 Å². The zero-order valence-corrected chi connectivity index (χ0v) is 18.6. The molecule has 0 bridgehead atoms. The number of nitrogens with one attached hydrogen (secondary N) is 1. The maximum absolute atomic E-state index is 15.4. The summed E-state index contributed by atoms with van der Waals surface area (Å²) in [6.07, 6.45) is -2.59. The van der Waals surface area contributed by atoms with Gasteiger partial charge < -0.3 is 15.8 Å². The summed E-state index contributed by atoms with van der Waals surface area (Å²) in [6, 6.07) is 1.96. The molecule has 0 unspecified atom stereocenters. The van der Waals surface area contributed by atoms with Crippen molar-refractivity contribution in [2.75, 3.05) is 24.7 Å². The van der Waals surface area contributed by atoms with E-state index in [0.29, 0.717) is 0 Å². The van der Waals surface area contributed by atoms with Gasteiger partial charge in [-0.2, -0.15) is 13.2 Å². The van der Waals surface area contributed by atoms with Crippen LogP contribution in [0.5, 0.6) is 5.88 Å². The second-order valence-corrected chi connectivity index (χ2v) is 9.50. The van der Waals surface area contributed by atoms with Crippen molar-refractivity contribution < 1.29 is 35.1 Å². The second-order valence-electron chi connectivity index (χ2n) is 7.50. The normalized spacial score (nSPS) is 20.0. The first kappa shape index (κ1) is 25.1. The summed E-state index contributed by atoms with van der Waals surface area (Å²) in [6.45, 7) is 3.34. The highest BCUT2D eigenvalue weighted by atomic mass is 32.2. The first-order chi connectivity index (χ1) is 15.6. The van der Waals surface area contributed by atoms with Crippen LogP contribution >= 0.6 is 0 Å². The molecular weight excluding hydrogens is 487 g/mol. The predicted molar refractivity (Wildman–Crippen MR) is 113 cm³/mol. The van der Waals surface area contributed by atoms with Crippen molar-refractivity contribution in [1.29, 1.82) is 0 Å². The molecule has 1 aromatic heterocycles. The van der Waals surface area contributed by atoms with Crippen molar-refractivity contribution in [1.82, 2.24) is 14.3 Å². The van der Waals surface area contributed by atoms with E-state index in [2.05, 4.69) is 31.6 Å². The maximum Gasteiger partial charge on any atom is 0.422 e. The van der Waals surface area contributed by atoms with Crippen LogP contribution in [0.2, 0.25) is 0 Å². The zero-order chi connectivity index (χ0) is 25.5. The van der Waals surface area contributed by atoms with Crippen molar-refractivity contribution >= 4 is 27.4 Å². The van der Waals surface area contributed by atoms with E-state index >= 15 is 4.39 Å². The lowest BCUT2D eigenvalue weighted by atomic mass is 9.92. The lowest BCUT2D eigenvalue weighted by Gasteiger charge is -2.35. The maximum atomic E-state index is 15.4. The van der Waals surface area contributed by atoms with Crippen LogP contribution in [0.3, 0.4) is 0 Å². The van der Waals surface area contributed by atoms with Gasteiger partial charge in [0.05, 0.1) is 35.1 Å². The Bertz CT molecular complexity index is 1250. The first-order valence-electron chi connectivity index (χ1n) is 9.41. The largest absolute Gasteiger partial charge is 0.467 e. The monoisotopic (exact) mass is 506 g/mol. The van der Waals surface area contributed by atoms with Crippen LogP contribution in [-0.2, 0) is 15.6 Å². The van der Waals surface area contributed by atoms with Gasteiger partial charge in [0, 0.05) is 7.05 Å². The van der Waals surface area contributed by atoms with E-state index in [1.54, 1.807) is 0 Å². The molecule has 34 heavy (non-hydrogen) atoms. The van der Waals surface area contributed by atoms with Gasteiger partial charge in [0.2, 0.25) is 21.9 Å². The lowest BCUT2D eigenvalue weighted by Crippen LogP contribution is -2.50. The van der Waals surface area contributed by atoms with Crippen LogP contribution in [0.4, 0.5) is 27.6 Å². The van der Waals surface area contributed by atoms with Gasteiger partial charge in [-0.05, 0) is 19.1 Å². The highest BCUT2D eigenvalue weighted by Gasteiger charge is 2.43. The summed E-state index contributed by atoms with van der Waals surface area (Å²) in [5.74, 6) is -3.74. The number of nitrogens with two attached hydrogens (primary N) is 1.